The summed E-state index contributed by atoms with van der Waals surface area (Å²) in [6, 6.07) is 0. The third kappa shape index (κ3) is 8.04. The molecule has 1 heterocycles. The number of ether oxygens (including phenoxy) is 1. The van der Waals surface area contributed by atoms with E-state index in [1.54, 1.807) is 0 Å². The molecule has 0 spiro atoms. The molecule has 5 nitrogen and oxygen atoms in total. The van der Waals surface area contributed by atoms with Crippen LogP contribution in [0.4, 0.5) is 0 Å². The molecule has 232 valence electrons. The second-order valence-corrected chi connectivity index (χ2v) is 13.7. The zero-order chi connectivity index (χ0) is 28.8. The number of rotatable bonds is 26. The molecule has 6 atom stereocenters. The second-order valence-electron chi connectivity index (χ2n) is 13.7. The Kier molecular flexibility index (Phi) is 14.3. The molecule has 5 heteroatoms. The SMILES string of the molecule is CCCCCCCCCCCCCC12CC(C3OC31)C(C(=O)[O-])C2(CCCCCCCCCCCCC)C(=O)[O-]. The Morgan fingerprint density at radius 1 is 0.625 bits per heavy atom. The van der Waals surface area contributed by atoms with Crippen molar-refractivity contribution in [2.24, 2.45) is 22.7 Å². The number of carbonyl (C=O) groups is 2. The van der Waals surface area contributed by atoms with Crippen molar-refractivity contribution in [3.05, 3.63) is 0 Å². The van der Waals surface area contributed by atoms with E-state index in [1.165, 1.54) is 109 Å². The van der Waals surface area contributed by atoms with Crippen LogP contribution in [0.25, 0.3) is 0 Å². The smallest absolute Gasteiger partial charge is 0.0910 e. The van der Waals surface area contributed by atoms with Gasteiger partial charge in [0, 0.05) is 28.7 Å². The van der Waals surface area contributed by atoms with Crippen LogP contribution in [0.2, 0.25) is 0 Å². The molecule has 40 heavy (non-hydrogen) atoms. The third-order valence-corrected chi connectivity index (χ3v) is 11.0. The van der Waals surface area contributed by atoms with Gasteiger partial charge in [-0.3, -0.25) is 0 Å². The highest BCUT2D eigenvalue weighted by molar-refractivity contribution is 5.85. The predicted molar refractivity (Wildman–Crippen MR) is 157 cm³/mol. The van der Waals surface area contributed by atoms with Gasteiger partial charge < -0.3 is 24.5 Å². The molecule has 2 saturated carbocycles. The van der Waals surface area contributed by atoms with E-state index in [9.17, 15) is 19.8 Å². The van der Waals surface area contributed by atoms with Gasteiger partial charge in [-0.05, 0) is 25.2 Å². The van der Waals surface area contributed by atoms with Crippen molar-refractivity contribution >= 4 is 11.9 Å². The van der Waals surface area contributed by atoms with Crippen molar-refractivity contribution in [1.29, 1.82) is 0 Å². The summed E-state index contributed by atoms with van der Waals surface area (Å²) < 4.78 is 6.00. The van der Waals surface area contributed by atoms with Gasteiger partial charge in [0.15, 0.2) is 0 Å². The lowest BCUT2D eigenvalue weighted by atomic mass is 9.54. The van der Waals surface area contributed by atoms with E-state index in [4.69, 9.17) is 4.74 Å². The third-order valence-electron chi connectivity index (χ3n) is 11.0. The van der Waals surface area contributed by atoms with Crippen molar-refractivity contribution in [2.75, 3.05) is 0 Å². The van der Waals surface area contributed by atoms with Crippen LogP contribution in [0.15, 0.2) is 0 Å². The fraction of sp³-hybridized carbons (Fsp3) is 0.943. The molecule has 6 unspecified atom stereocenters. The Morgan fingerprint density at radius 3 is 1.43 bits per heavy atom. The Bertz CT molecular complexity index is 752. The summed E-state index contributed by atoms with van der Waals surface area (Å²) in [6.07, 6.45) is 28.4. The summed E-state index contributed by atoms with van der Waals surface area (Å²) in [5.74, 6) is -3.56. The lowest BCUT2D eigenvalue weighted by Gasteiger charge is -2.51. The van der Waals surface area contributed by atoms with E-state index in [-0.39, 0.29) is 18.1 Å². The number of aliphatic carboxylic acids is 2. The van der Waals surface area contributed by atoms with E-state index in [0.717, 1.165) is 38.5 Å². The summed E-state index contributed by atoms with van der Waals surface area (Å²) in [7, 11) is 0. The van der Waals surface area contributed by atoms with Crippen molar-refractivity contribution in [1.82, 2.24) is 0 Å². The number of hydrogen-bond donors (Lipinski definition) is 0. The highest BCUT2D eigenvalue weighted by Gasteiger charge is 2.80. The molecule has 0 aromatic heterocycles. The number of hydrogen-bond acceptors (Lipinski definition) is 5. The molecule has 0 aromatic rings. The average molecular weight is 561 g/mol. The van der Waals surface area contributed by atoms with E-state index < -0.39 is 28.7 Å². The van der Waals surface area contributed by atoms with Crippen LogP contribution in [0.5, 0.6) is 0 Å². The molecule has 1 aliphatic heterocycles. The first-order valence-electron chi connectivity index (χ1n) is 17.5. The zero-order valence-electron chi connectivity index (χ0n) is 26.0. The lowest BCUT2D eigenvalue weighted by molar-refractivity contribution is -0.342. The normalized spacial score (nSPS) is 30.1. The largest absolute Gasteiger partial charge is 0.550 e. The first-order valence-corrected chi connectivity index (χ1v) is 17.5. The van der Waals surface area contributed by atoms with Gasteiger partial charge in [0.2, 0.25) is 0 Å². The fourth-order valence-corrected chi connectivity index (χ4v) is 8.82. The molecule has 0 amide bonds. The highest BCUT2D eigenvalue weighted by Crippen LogP contribution is 2.76. The minimum atomic E-state index is -1.34. The standard InChI is InChI=1S/C35H62O5/c1-3-5-7-9-11-13-15-17-19-21-23-25-34-27-28(30-31(34)40-30)29(32(36)37)35(34,33(38)39)26-24-22-20-18-16-14-12-10-8-6-4-2/h28-31H,3-27H2,1-2H3,(H,36,37)(H,38,39)/p-2. The molecule has 2 bridgehead atoms. The van der Waals surface area contributed by atoms with E-state index >= 15 is 0 Å². The first kappa shape index (κ1) is 33.4. The van der Waals surface area contributed by atoms with Gasteiger partial charge in [0.05, 0.1) is 12.2 Å². The van der Waals surface area contributed by atoms with E-state index in [1.807, 2.05) is 0 Å². The van der Waals surface area contributed by atoms with Crippen molar-refractivity contribution < 1.29 is 24.5 Å². The fourth-order valence-electron chi connectivity index (χ4n) is 8.82. The van der Waals surface area contributed by atoms with Gasteiger partial charge in [-0.1, -0.05) is 155 Å². The quantitative estimate of drug-likeness (QED) is 0.0819. The average Bonchev–Trinajstić information content (AvgIpc) is 3.61. The second kappa shape index (κ2) is 17.1. The highest BCUT2D eigenvalue weighted by atomic mass is 16.6. The molecular weight excluding hydrogens is 500 g/mol. The van der Waals surface area contributed by atoms with E-state index in [2.05, 4.69) is 13.8 Å². The number of epoxide rings is 1. The van der Waals surface area contributed by atoms with Crippen LogP contribution in [0, 0.1) is 22.7 Å². The predicted octanol–water partition coefficient (Wildman–Crippen LogP) is 7.28. The van der Waals surface area contributed by atoms with Gasteiger partial charge in [0.1, 0.15) is 0 Å². The molecule has 3 rings (SSSR count). The minimum absolute atomic E-state index is 0.0830. The molecule has 0 aromatic carbocycles. The van der Waals surface area contributed by atoms with Crippen molar-refractivity contribution in [3.63, 3.8) is 0 Å². The maximum atomic E-state index is 13.0. The number of fused-ring (bicyclic) bond motifs is 5. The molecule has 2 aliphatic carbocycles. The topological polar surface area (TPSA) is 92.8 Å². The van der Waals surface area contributed by atoms with Gasteiger partial charge in [-0.2, -0.15) is 0 Å². The summed E-state index contributed by atoms with van der Waals surface area (Å²) in [4.78, 5) is 25.4. The van der Waals surface area contributed by atoms with Gasteiger partial charge in [-0.25, -0.2) is 0 Å². The summed E-state index contributed by atoms with van der Waals surface area (Å²) in [5.41, 5.74) is -1.93. The Morgan fingerprint density at radius 2 is 1.02 bits per heavy atom. The van der Waals surface area contributed by atoms with Crippen LogP contribution >= 0.6 is 0 Å². The maximum Gasteiger partial charge on any atom is 0.0910 e. The zero-order valence-corrected chi connectivity index (χ0v) is 26.0. The van der Waals surface area contributed by atoms with Crippen LogP contribution in [0.1, 0.15) is 174 Å². The van der Waals surface area contributed by atoms with Crippen LogP contribution in [0.3, 0.4) is 0 Å². The molecule has 0 N–H and O–H groups in total. The molecule has 3 fully saturated rings. The molecular formula is C35H60O5-2. The van der Waals surface area contributed by atoms with Gasteiger partial charge in [0.25, 0.3) is 0 Å². The number of carboxylic acids is 2. The van der Waals surface area contributed by atoms with Crippen LogP contribution < -0.4 is 10.2 Å². The van der Waals surface area contributed by atoms with Gasteiger partial charge >= 0.3 is 0 Å². The summed E-state index contributed by atoms with van der Waals surface area (Å²) >= 11 is 0. The maximum absolute atomic E-state index is 13.0. The van der Waals surface area contributed by atoms with Crippen molar-refractivity contribution in [3.8, 4) is 0 Å². The summed E-state index contributed by atoms with van der Waals surface area (Å²) in [5, 5.41) is 25.4. The van der Waals surface area contributed by atoms with Crippen molar-refractivity contribution in [2.45, 2.75) is 187 Å². The Hall–Kier alpha value is -1.10. The number of carbonyl (C=O) groups excluding carboxylic acids is 2. The summed E-state index contributed by atoms with van der Waals surface area (Å²) in [6.45, 7) is 4.49. The molecule has 3 aliphatic rings. The monoisotopic (exact) mass is 560 g/mol. The first-order chi connectivity index (χ1) is 19.5. The molecule has 0 radical (unpaired) electrons. The Labute approximate surface area is 245 Å². The Balaban J connectivity index is 1.46. The van der Waals surface area contributed by atoms with Gasteiger partial charge in [-0.15, -0.1) is 0 Å². The number of carboxylic acid groups (broad SMARTS) is 2. The van der Waals surface area contributed by atoms with Crippen LogP contribution in [-0.4, -0.2) is 24.1 Å². The number of unbranched alkanes of at least 4 members (excludes halogenated alkanes) is 20. The lowest BCUT2D eigenvalue weighted by Crippen LogP contribution is -2.61. The van der Waals surface area contributed by atoms with Crippen LogP contribution in [-0.2, 0) is 14.3 Å². The minimum Gasteiger partial charge on any atom is -0.550 e. The molecule has 1 saturated heterocycles. The van der Waals surface area contributed by atoms with E-state index in [0.29, 0.717) is 12.8 Å².